The van der Waals surface area contributed by atoms with Crippen LogP contribution in [0.1, 0.15) is 46.0 Å². The second-order valence-electron chi connectivity index (χ2n) is 6.12. The Balaban J connectivity index is 1.83. The number of hydrogen-bond donors (Lipinski definition) is 0. The van der Waals surface area contributed by atoms with Gasteiger partial charge in [-0.15, -0.1) is 0 Å². The van der Waals surface area contributed by atoms with Crippen LogP contribution in [0.25, 0.3) is 0 Å². The highest BCUT2D eigenvalue weighted by atomic mass is 15.3. The predicted molar refractivity (Wildman–Crippen MR) is 69.7 cm³/mol. The number of rotatable bonds is 4. The van der Waals surface area contributed by atoms with Crippen molar-refractivity contribution in [2.24, 2.45) is 5.92 Å². The summed E-state index contributed by atoms with van der Waals surface area (Å²) in [5, 5.41) is 0. The van der Waals surface area contributed by atoms with E-state index < -0.39 is 0 Å². The van der Waals surface area contributed by atoms with Gasteiger partial charge in [-0.1, -0.05) is 20.3 Å². The number of nitrogens with zero attached hydrogens (tertiary/aromatic N) is 2. The van der Waals surface area contributed by atoms with Crippen molar-refractivity contribution in [3.05, 3.63) is 0 Å². The molecule has 2 heterocycles. The first-order valence-electron chi connectivity index (χ1n) is 7.10. The Morgan fingerprint density at radius 2 is 1.75 bits per heavy atom. The van der Waals surface area contributed by atoms with Crippen molar-refractivity contribution in [3.63, 3.8) is 0 Å². The first-order valence-corrected chi connectivity index (χ1v) is 7.10. The number of piperidine rings is 1. The lowest BCUT2D eigenvalue weighted by atomic mass is 9.76. The van der Waals surface area contributed by atoms with Crippen LogP contribution in [0.4, 0.5) is 0 Å². The zero-order valence-electron chi connectivity index (χ0n) is 11.3. The second kappa shape index (κ2) is 5.05. The van der Waals surface area contributed by atoms with Gasteiger partial charge in [0.2, 0.25) is 0 Å². The van der Waals surface area contributed by atoms with E-state index in [1.807, 2.05) is 0 Å². The first kappa shape index (κ1) is 12.4. The molecule has 0 aromatic rings. The monoisotopic (exact) mass is 224 g/mol. The number of likely N-dealkylation sites (tertiary alicyclic amines) is 2. The molecule has 2 saturated heterocycles. The maximum absolute atomic E-state index is 2.79. The third kappa shape index (κ3) is 2.43. The van der Waals surface area contributed by atoms with E-state index in [-0.39, 0.29) is 0 Å². The molecule has 2 heteroatoms. The van der Waals surface area contributed by atoms with Gasteiger partial charge in [0, 0.05) is 18.6 Å². The summed E-state index contributed by atoms with van der Waals surface area (Å²) >= 11 is 0. The smallest absolute Gasteiger partial charge is 0.0246 e. The van der Waals surface area contributed by atoms with E-state index in [4.69, 9.17) is 0 Å². The van der Waals surface area contributed by atoms with Gasteiger partial charge in [-0.05, 0) is 51.7 Å². The van der Waals surface area contributed by atoms with Crippen molar-refractivity contribution in [3.8, 4) is 0 Å². The van der Waals surface area contributed by atoms with Crippen molar-refractivity contribution in [2.75, 3.05) is 33.2 Å². The summed E-state index contributed by atoms with van der Waals surface area (Å²) in [6, 6.07) is 0. The molecule has 0 radical (unpaired) electrons. The van der Waals surface area contributed by atoms with Gasteiger partial charge in [-0.2, -0.15) is 0 Å². The predicted octanol–water partition coefficient (Wildman–Crippen LogP) is 2.59. The SMILES string of the molecule is CCCC(C)CN1CCC12CCN(C)CC2. The highest BCUT2D eigenvalue weighted by molar-refractivity contribution is 5.02. The average molecular weight is 224 g/mol. The first-order chi connectivity index (χ1) is 7.66. The molecule has 2 aliphatic heterocycles. The normalized spacial score (nSPS) is 27.9. The van der Waals surface area contributed by atoms with Crippen LogP contribution in [0.5, 0.6) is 0 Å². The van der Waals surface area contributed by atoms with E-state index >= 15 is 0 Å². The van der Waals surface area contributed by atoms with Crippen molar-refractivity contribution in [2.45, 2.75) is 51.5 Å². The van der Waals surface area contributed by atoms with E-state index in [9.17, 15) is 0 Å². The Morgan fingerprint density at radius 3 is 2.25 bits per heavy atom. The molecule has 1 atom stereocenters. The molecule has 0 amide bonds. The molecule has 0 aromatic carbocycles. The highest BCUT2D eigenvalue weighted by Gasteiger charge is 2.45. The standard InChI is InChI=1S/C14H28N2/c1-4-5-13(2)12-16-11-8-14(16)6-9-15(3)10-7-14/h13H,4-12H2,1-3H3. The van der Waals surface area contributed by atoms with Gasteiger partial charge in [0.15, 0.2) is 0 Å². The molecule has 0 aromatic heterocycles. The zero-order valence-corrected chi connectivity index (χ0v) is 11.3. The summed E-state index contributed by atoms with van der Waals surface area (Å²) in [7, 11) is 2.26. The topological polar surface area (TPSA) is 6.48 Å². The molecule has 0 N–H and O–H groups in total. The Kier molecular flexibility index (Phi) is 3.91. The maximum atomic E-state index is 2.79. The molecular formula is C14H28N2. The third-order valence-corrected chi connectivity index (χ3v) is 4.75. The Hall–Kier alpha value is -0.0800. The summed E-state index contributed by atoms with van der Waals surface area (Å²) in [5.74, 6) is 0.891. The fourth-order valence-electron chi connectivity index (χ4n) is 3.43. The lowest BCUT2D eigenvalue weighted by Gasteiger charge is -2.57. The lowest BCUT2D eigenvalue weighted by molar-refractivity contribution is -0.0629. The second-order valence-corrected chi connectivity index (χ2v) is 6.12. The quantitative estimate of drug-likeness (QED) is 0.724. The van der Waals surface area contributed by atoms with Gasteiger partial charge in [0.25, 0.3) is 0 Å². The van der Waals surface area contributed by atoms with Crippen molar-refractivity contribution in [1.29, 1.82) is 0 Å². The van der Waals surface area contributed by atoms with Gasteiger partial charge in [0.1, 0.15) is 0 Å². The largest absolute Gasteiger partial charge is 0.306 e. The van der Waals surface area contributed by atoms with Gasteiger partial charge >= 0.3 is 0 Å². The van der Waals surface area contributed by atoms with E-state index in [1.165, 1.54) is 58.3 Å². The van der Waals surface area contributed by atoms with Crippen LogP contribution in [0.2, 0.25) is 0 Å². The summed E-state index contributed by atoms with van der Waals surface area (Å²) in [6.45, 7) is 10.0. The lowest BCUT2D eigenvalue weighted by Crippen LogP contribution is -2.64. The summed E-state index contributed by atoms with van der Waals surface area (Å²) in [6.07, 6.45) is 7.00. The Bertz CT molecular complexity index is 219. The molecular weight excluding hydrogens is 196 g/mol. The molecule has 1 unspecified atom stereocenters. The van der Waals surface area contributed by atoms with Gasteiger partial charge in [0.05, 0.1) is 0 Å². The van der Waals surface area contributed by atoms with Gasteiger partial charge < -0.3 is 4.90 Å². The molecule has 0 saturated carbocycles. The van der Waals surface area contributed by atoms with Crippen LogP contribution in [-0.2, 0) is 0 Å². The molecule has 2 fully saturated rings. The van der Waals surface area contributed by atoms with Crippen LogP contribution in [0.15, 0.2) is 0 Å². The molecule has 2 aliphatic rings. The van der Waals surface area contributed by atoms with Crippen molar-refractivity contribution in [1.82, 2.24) is 9.80 Å². The summed E-state index contributed by atoms with van der Waals surface area (Å²) in [5.41, 5.74) is 0.620. The van der Waals surface area contributed by atoms with E-state index in [0.29, 0.717) is 5.54 Å². The Morgan fingerprint density at radius 1 is 1.12 bits per heavy atom. The maximum Gasteiger partial charge on any atom is 0.0246 e. The molecule has 16 heavy (non-hydrogen) atoms. The molecule has 2 rings (SSSR count). The van der Waals surface area contributed by atoms with E-state index in [2.05, 4.69) is 30.7 Å². The molecule has 94 valence electrons. The van der Waals surface area contributed by atoms with Crippen LogP contribution < -0.4 is 0 Å². The third-order valence-electron chi connectivity index (χ3n) is 4.75. The van der Waals surface area contributed by atoms with Crippen LogP contribution in [-0.4, -0.2) is 48.6 Å². The molecule has 1 spiro atoms. The highest BCUT2D eigenvalue weighted by Crippen LogP contribution is 2.40. The van der Waals surface area contributed by atoms with Crippen LogP contribution in [0, 0.1) is 5.92 Å². The minimum absolute atomic E-state index is 0.620. The molecule has 0 aliphatic carbocycles. The molecule has 0 bridgehead atoms. The van der Waals surface area contributed by atoms with Gasteiger partial charge in [-0.3, -0.25) is 4.90 Å². The van der Waals surface area contributed by atoms with E-state index in [1.54, 1.807) is 0 Å². The fourth-order valence-corrected chi connectivity index (χ4v) is 3.43. The van der Waals surface area contributed by atoms with Crippen LogP contribution >= 0.6 is 0 Å². The van der Waals surface area contributed by atoms with Crippen molar-refractivity contribution >= 4 is 0 Å². The van der Waals surface area contributed by atoms with Gasteiger partial charge in [-0.25, -0.2) is 0 Å². The van der Waals surface area contributed by atoms with Crippen LogP contribution in [0.3, 0.4) is 0 Å². The molecule has 2 nitrogen and oxygen atoms in total. The van der Waals surface area contributed by atoms with E-state index in [0.717, 1.165) is 5.92 Å². The summed E-state index contributed by atoms with van der Waals surface area (Å²) < 4.78 is 0. The minimum Gasteiger partial charge on any atom is -0.306 e. The summed E-state index contributed by atoms with van der Waals surface area (Å²) in [4.78, 5) is 5.28. The van der Waals surface area contributed by atoms with Crippen molar-refractivity contribution < 1.29 is 0 Å². The average Bonchev–Trinajstić information content (AvgIpc) is 2.26. The minimum atomic E-state index is 0.620. The Labute approximate surface area is 101 Å². The zero-order chi connectivity index (χ0) is 11.6. The fraction of sp³-hybridized carbons (Fsp3) is 1.00. The number of hydrogen-bond acceptors (Lipinski definition) is 2.